The van der Waals surface area contributed by atoms with Crippen molar-refractivity contribution in [3.8, 4) is 0 Å². The van der Waals surface area contributed by atoms with Gasteiger partial charge in [-0.3, -0.25) is 4.48 Å². The molecule has 0 N–H and O–H groups in total. The van der Waals surface area contributed by atoms with Crippen molar-refractivity contribution in [1.29, 1.82) is 0 Å². The average Bonchev–Trinajstić information content (AvgIpc) is 3.03. The Balaban J connectivity index is 2.14. The van der Waals surface area contributed by atoms with Gasteiger partial charge >= 0.3 is 5.82 Å². The van der Waals surface area contributed by atoms with E-state index in [1.807, 2.05) is 0 Å². The maximum atomic E-state index is 2.48. The van der Waals surface area contributed by atoms with Crippen molar-refractivity contribution in [1.82, 2.24) is 9.05 Å². The van der Waals surface area contributed by atoms with Gasteiger partial charge in [-0.2, -0.15) is 8.97 Å². The zero-order valence-electron chi connectivity index (χ0n) is 13.2. The number of nitrogens with zero attached hydrogens (tertiary/aromatic N) is 3. The van der Waals surface area contributed by atoms with E-state index in [1.54, 1.807) is 0 Å². The molecule has 3 nitrogen and oxygen atoms in total. The summed E-state index contributed by atoms with van der Waals surface area (Å²) in [5.41, 5.74) is 4.07. The first kappa shape index (κ1) is 12.2. The number of rotatable bonds is 1. The molecule has 0 atom stereocenters. The Morgan fingerprint density at radius 3 is 2.55 bits per heavy atom. The van der Waals surface area contributed by atoms with Gasteiger partial charge in [0.1, 0.15) is 12.1 Å². The lowest BCUT2D eigenvalue weighted by Crippen LogP contribution is -2.37. The Morgan fingerprint density at radius 2 is 1.73 bits per heavy atom. The zero-order chi connectivity index (χ0) is 15.1. The van der Waals surface area contributed by atoms with Crippen LogP contribution in [0, 0.1) is 0 Å². The summed E-state index contributed by atoms with van der Waals surface area (Å²) in [6.07, 6.45) is 2.31. The molecule has 2 aromatic carbocycles. The van der Waals surface area contributed by atoms with Gasteiger partial charge in [-0.05, 0) is 6.07 Å². The van der Waals surface area contributed by atoms with Crippen molar-refractivity contribution in [2.75, 3.05) is 21.1 Å². The summed E-state index contributed by atoms with van der Waals surface area (Å²) in [7, 11) is 6.71. The number of para-hydroxylation sites is 1. The Kier molecular flexibility index (Phi) is 2.04. The smallest absolute Gasteiger partial charge is 0.260 e. The van der Waals surface area contributed by atoms with Crippen molar-refractivity contribution in [2.45, 2.75) is 6.54 Å². The molecule has 0 aliphatic carbocycles. The van der Waals surface area contributed by atoms with Crippen LogP contribution >= 0.6 is 0 Å². The third-order valence-electron chi connectivity index (χ3n) is 4.85. The summed E-state index contributed by atoms with van der Waals surface area (Å²) < 4.78 is 5.68. The molecule has 22 heavy (non-hydrogen) atoms. The second-order valence-electron chi connectivity index (χ2n) is 7.14. The first-order valence-corrected chi connectivity index (χ1v) is 7.75. The van der Waals surface area contributed by atoms with Gasteiger partial charge in [0.2, 0.25) is 6.20 Å². The van der Waals surface area contributed by atoms with Crippen LogP contribution in [0.3, 0.4) is 0 Å². The topological polar surface area (TPSA) is 9.03 Å². The van der Waals surface area contributed by atoms with E-state index in [4.69, 9.17) is 0 Å². The van der Waals surface area contributed by atoms with Crippen LogP contribution < -0.4 is 8.88 Å². The predicted octanol–water partition coefficient (Wildman–Crippen LogP) is 3.09. The van der Waals surface area contributed by atoms with Gasteiger partial charge < -0.3 is 0 Å². The van der Waals surface area contributed by atoms with Crippen molar-refractivity contribution in [2.24, 2.45) is 0 Å². The summed E-state index contributed by atoms with van der Waals surface area (Å²) in [6, 6.07) is 15.4. The highest BCUT2D eigenvalue weighted by molar-refractivity contribution is 6.11. The van der Waals surface area contributed by atoms with Gasteiger partial charge in [-0.1, -0.05) is 36.4 Å². The Labute approximate surface area is 129 Å². The number of aromatic nitrogens is 2. The fraction of sp³-hybridized carbons (Fsp3) is 0.211. The van der Waals surface area contributed by atoms with Gasteiger partial charge in [-0.25, -0.2) is 0 Å². The lowest BCUT2D eigenvalue weighted by molar-refractivity contribution is -0.478. The van der Waals surface area contributed by atoms with E-state index >= 15 is 0 Å². The molecular formula is C19H19N3+2. The predicted molar refractivity (Wildman–Crippen MR) is 91.3 cm³/mol. The Hall–Kier alpha value is -2.39. The largest absolute Gasteiger partial charge is 0.332 e. The molecular weight excluding hydrogens is 270 g/mol. The first-order valence-electron chi connectivity index (χ1n) is 7.75. The molecule has 0 radical (unpaired) electrons. The van der Waals surface area contributed by atoms with Crippen LogP contribution in [0.15, 0.2) is 48.7 Å². The Morgan fingerprint density at radius 1 is 0.955 bits per heavy atom. The number of imidazole rings is 1. The molecule has 5 rings (SSSR count). The summed E-state index contributed by atoms with van der Waals surface area (Å²) in [5, 5.41) is 4.13. The minimum Gasteiger partial charge on any atom is -0.260 e. The van der Waals surface area contributed by atoms with Crippen molar-refractivity contribution in [3.63, 3.8) is 0 Å². The van der Waals surface area contributed by atoms with Crippen molar-refractivity contribution in [3.05, 3.63) is 54.2 Å². The van der Waals surface area contributed by atoms with Gasteiger partial charge in [0.05, 0.1) is 26.5 Å². The van der Waals surface area contributed by atoms with Crippen LogP contribution in [0.2, 0.25) is 0 Å². The molecule has 0 bridgehead atoms. The van der Waals surface area contributed by atoms with Gasteiger partial charge in [0, 0.05) is 16.3 Å². The summed E-state index contributed by atoms with van der Waals surface area (Å²) in [5.74, 6) is 1.34. The SMILES string of the molecule is C[N+](C)(C)c1c[n+]2c3ccccc3c3cccc4c3c2n1C4. The summed E-state index contributed by atoms with van der Waals surface area (Å²) in [4.78, 5) is 0. The number of hydrogen-bond donors (Lipinski definition) is 0. The number of hydrogen-bond acceptors (Lipinski definition) is 0. The van der Waals surface area contributed by atoms with Crippen LogP contribution in [0.25, 0.3) is 27.3 Å². The molecule has 4 aromatic rings. The molecule has 0 amide bonds. The zero-order valence-corrected chi connectivity index (χ0v) is 13.2. The van der Waals surface area contributed by atoms with Gasteiger partial charge in [0.25, 0.3) is 5.65 Å². The monoisotopic (exact) mass is 289 g/mol. The number of quaternary nitrogens is 1. The van der Waals surface area contributed by atoms with E-state index in [0.717, 1.165) is 11.0 Å². The molecule has 2 aromatic heterocycles. The summed E-state index contributed by atoms with van der Waals surface area (Å²) >= 11 is 0. The summed E-state index contributed by atoms with van der Waals surface area (Å²) in [6.45, 7) is 0.977. The highest BCUT2D eigenvalue weighted by Gasteiger charge is 2.36. The first-order chi connectivity index (χ1) is 10.6. The minimum absolute atomic E-state index is 0.825. The molecule has 1 aliphatic rings. The van der Waals surface area contributed by atoms with E-state index in [-0.39, 0.29) is 0 Å². The van der Waals surface area contributed by atoms with Crippen LogP contribution in [0.5, 0.6) is 0 Å². The van der Waals surface area contributed by atoms with Crippen LogP contribution in [-0.4, -0.2) is 25.7 Å². The van der Waals surface area contributed by atoms with Crippen LogP contribution in [-0.2, 0) is 6.54 Å². The number of fused-ring (bicyclic) bond motifs is 3. The lowest BCUT2D eigenvalue weighted by Gasteiger charge is -2.19. The van der Waals surface area contributed by atoms with Crippen molar-refractivity contribution < 1.29 is 4.40 Å². The third kappa shape index (κ3) is 1.32. The van der Waals surface area contributed by atoms with Gasteiger partial charge in [-0.15, -0.1) is 0 Å². The van der Waals surface area contributed by atoms with E-state index in [1.165, 1.54) is 38.7 Å². The average molecular weight is 289 g/mol. The molecule has 1 aliphatic heterocycles. The molecule has 0 saturated heterocycles. The highest BCUT2D eigenvalue weighted by Crippen LogP contribution is 2.36. The lowest BCUT2D eigenvalue weighted by atomic mass is 10.0. The highest BCUT2D eigenvalue weighted by atomic mass is 15.4. The van der Waals surface area contributed by atoms with E-state index in [2.05, 4.69) is 78.8 Å². The standard InChI is InChI=1S/C19H19N3/c1-22(2,3)17-12-20-16-10-5-4-8-14(16)15-9-6-7-13-11-21(17)19(20)18(13)15/h4-10,12H,11H2,1-3H3/q+2. The van der Waals surface area contributed by atoms with E-state index in [9.17, 15) is 0 Å². The molecule has 0 unspecified atom stereocenters. The molecule has 3 heteroatoms. The minimum atomic E-state index is 0.825. The third-order valence-corrected chi connectivity index (χ3v) is 4.85. The maximum absolute atomic E-state index is 2.48. The normalized spacial score (nSPS) is 14.0. The van der Waals surface area contributed by atoms with Crippen molar-refractivity contribution >= 4 is 33.1 Å². The molecule has 0 fully saturated rings. The molecule has 108 valence electrons. The quantitative estimate of drug-likeness (QED) is 0.255. The fourth-order valence-corrected chi connectivity index (χ4v) is 3.92. The van der Waals surface area contributed by atoms with E-state index < -0.39 is 0 Å². The van der Waals surface area contributed by atoms with Gasteiger partial charge in [0.15, 0.2) is 0 Å². The number of pyridine rings is 1. The Bertz CT molecular complexity index is 1080. The molecule has 0 saturated carbocycles. The fourth-order valence-electron chi connectivity index (χ4n) is 3.92. The molecule has 3 heterocycles. The van der Waals surface area contributed by atoms with Crippen LogP contribution in [0.4, 0.5) is 5.82 Å². The molecule has 0 spiro atoms. The van der Waals surface area contributed by atoms with E-state index in [0.29, 0.717) is 0 Å². The second-order valence-corrected chi connectivity index (χ2v) is 7.14. The maximum Gasteiger partial charge on any atom is 0.332 e. The number of benzene rings is 2. The second kappa shape index (κ2) is 3.68. The van der Waals surface area contributed by atoms with Crippen LogP contribution in [0.1, 0.15) is 5.56 Å².